The van der Waals surface area contributed by atoms with Crippen LogP contribution in [-0.4, -0.2) is 11.1 Å². The summed E-state index contributed by atoms with van der Waals surface area (Å²) in [5, 5.41) is 13.4. The van der Waals surface area contributed by atoms with Crippen LogP contribution in [0.4, 0.5) is 0 Å². The van der Waals surface area contributed by atoms with Gasteiger partial charge in [0.2, 0.25) is 0 Å². The largest absolute Gasteiger partial charge is 0.480 e. The fourth-order valence-electron chi connectivity index (χ4n) is 1.87. The Balaban J connectivity index is 0.00000144. The number of carbonyl (C=O) groups is 1. The Morgan fingerprint density at radius 2 is 1.81 bits per heavy atom. The molecule has 1 N–H and O–H groups in total. The van der Waals surface area contributed by atoms with E-state index < -0.39 is 11.4 Å². The zero-order valence-corrected chi connectivity index (χ0v) is 10.5. The molecule has 4 heteroatoms. The van der Waals surface area contributed by atoms with E-state index in [0.29, 0.717) is 6.42 Å². The number of aliphatic carboxylic acids is 1. The Bertz CT molecular complexity index is 432. The van der Waals surface area contributed by atoms with Gasteiger partial charge in [0.05, 0.1) is 0 Å². The zero-order chi connectivity index (χ0) is 11.6. The highest BCUT2D eigenvalue weighted by atomic mass is 32.1. The summed E-state index contributed by atoms with van der Waals surface area (Å²) in [6.07, 6.45) is 0.573. The van der Waals surface area contributed by atoms with Crippen LogP contribution in [-0.2, 0) is 10.2 Å². The molecule has 16 heavy (non-hydrogen) atoms. The van der Waals surface area contributed by atoms with Crippen LogP contribution in [0.3, 0.4) is 0 Å². The van der Waals surface area contributed by atoms with E-state index in [-0.39, 0.29) is 2.85 Å². The van der Waals surface area contributed by atoms with E-state index in [2.05, 4.69) is 0 Å². The van der Waals surface area contributed by atoms with Crippen LogP contribution in [0.25, 0.3) is 0 Å². The Morgan fingerprint density at radius 3 is 2.06 bits per heavy atom. The van der Waals surface area contributed by atoms with Gasteiger partial charge in [-0.25, -0.2) is 0 Å². The molecule has 0 spiro atoms. The van der Waals surface area contributed by atoms with Gasteiger partial charge in [0.1, 0.15) is 5.41 Å². The minimum absolute atomic E-state index is 0. The van der Waals surface area contributed by atoms with E-state index in [1.54, 1.807) is 0 Å². The molecule has 0 fully saturated rings. The topological polar surface area (TPSA) is 37.3 Å². The molecule has 0 aliphatic carbocycles. The summed E-state index contributed by atoms with van der Waals surface area (Å²) in [5.41, 5.74) is -0.859. The maximum atomic E-state index is 11.7. The van der Waals surface area contributed by atoms with Crippen molar-refractivity contribution in [1.29, 1.82) is 0 Å². The number of hydrogen-bond acceptors (Lipinski definition) is 3. The first-order valence-corrected chi connectivity index (χ1v) is 6.79. The third-order valence-electron chi connectivity index (χ3n) is 2.78. The number of carboxylic acids is 1. The summed E-state index contributed by atoms with van der Waals surface area (Å²) in [6, 6.07) is 7.62. The first-order valence-electron chi connectivity index (χ1n) is 5.03. The summed E-state index contributed by atoms with van der Waals surface area (Å²) in [6.45, 7) is 1.92. The Morgan fingerprint density at radius 1 is 1.31 bits per heavy atom. The normalized spacial score (nSPS) is 11.6. The van der Waals surface area contributed by atoms with Crippen molar-refractivity contribution in [3.63, 3.8) is 0 Å². The van der Waals surface area contributed by atoms with Crippen LogP contribution < -0.4 is 0 Å². The van der Waals surface area contributed by atoms with Gasteiger partial charge in [-0.15, -0.1) is 22.7 Å². The molecule has 0 saturated carbocycles. The molecule has 0 radical (unpaired) electrons. The average Bonchev–Trinajstić information content (AvgIpc) is 2.89. The number of hydrogen-bond donors (Lipinski definition) is 1. The van der Waals surface area contributed by atoms with Gasteiger partial charge in [-0.2, -0.15) is 0 Å². The minimum atomic E-state index is -0.859. The van der Waals surface area contributed by atoms with Crippen LogP contribution in [0, 0.1) is 0 Å². The number of rotatable bonds is 4. The fraction of sp³-hybridized carbons (Fsp3) is 0.250. The Labute approximate surface area is 105 Å². The lowest BCUT2D eigenvalue weighted by Gasteiger charge is -2.25. The Hall–Kier alpha value is -1.13. The summed E-state index contributed by atoms with van der Waals surface area (Å²) < 4.78 is 0. The lowest BCUT2D eigenvalue weighted by molar-refractivity contribution is -0.142. The van der Waals surface area contributed by atoms with Crippen LogP contribution in [0.2, 0.25) is 0 Å². The molecule has 0 atom stereocenters. The first-order chi connectivity index (χ1) is 7.71. The average molecular weight is 256 g/mol. The van der Waals surface area contributed by atoms with Crippen molar-refractivity contribution in [2.45, 2.75) is 18.8 Å². The fourth-order valence-corrected chi connectivity index (χ4v) is 3.95. The molecular formula is C12H16O2S2. The number of carboxylic acid groups (broad SMARTS) is 1. The molecule has 0 aromatic carbocycles. The van der Waals surface area contributed by atoms with Crippen LogP contribution in [0.1, 0.15) is 26.0 Å². The molecule has 2 aromatic rings. The van der Waals surface area contributed by atoms with Crippen molar-refractivity contribution < 1.29 is 12.8 Å². The molecule has 0 amide bonds. The molecule has 0 aliphatic heterocycles. The van der Waals surface area contributed by atoms with Crippen molar-refractivity contribution in [3.8, 4) is 0 Å². The lowest BCUT2D eigenvalue weighted by Crippen LogP contribution is -2.34. The maximum absolute atomic E-state index is 11.7. The second kappa shape index (κ2) is 4.39. The maximum Gasteiger partial charge on any atom is 0.320 e. The second-order valence-electron chi connectivity index (χ2n) is 3.52. The van der Waals surface area contributed by atoms with Gasteiger partial charge >= 0.3 is 5.97 Å². The summed E-state index contributed by atoms with van der Waals surface area (Å²) in [7, 11) is 0. The molecule has 0 saturated heterocycles. The molecule has 0 unspecified atom stereocenters. The van der Waals surface area contributed by atoms with E-state index in [4.69, 9.17) is 0 Å². The van der Waals surface area contributed by atoms with Crippen molar-refractivity contribution in [3.05, 3.63) is 44.8 Å². The van der Waals surface area contributed by atoms with Gasteiger partial charge in [-0.1, -0.05) is 19.1 Å². The van der Waals surface area contributed by atoms with Crippen molar-refractivity contribution >= 4 is 28.6 Å². The SMILES string of the molecule is CCC(C(=O)O)(c1cccs1)c1cccs1.[HH].[HH]. The molecule has 2 nitrogen and oxygen atoms in total. The summed E-state index contributed by atoms with van der Waals surface area (Å²) in [5.74, 6) is -0.764. The van der Waals surface area contributed by atoms with E-state index >= 15 is 0 Å². The lowest BCUT2D eigenvalue weighted by atomic mass is 9.82. The first kappa shape index (κ1) is 11.4. The van der Waals surface area contributed by atoms with Gasteiger partial charge in [0, 0.05) is 12.6 Å². The monoisotopic (exact) mass is 256 g/mol. The predicted molar refractivity (Wildman–Crippen MR) is 71.6 cm³/mol. The molecule has 0 bridgehead atoms. The predicted octanol–water partition coefficient (Wildman–Crippen LogP) is 4.08. The highest BCUT2D eigenvalue weighted by molar-refractivity contribution is 7.12. The van der Waals surface area contributed by atoms with Crippen LogP contribution >= 0.6 is 22.7 Å². The van der Waals surface area contributed by atoms with E-state index in [1.807, 2.05) is 41.9 Å². The quantitative estimate of drug-likeness (QED) is 0.895. The molecule has 88 valence electrons. The molecule has 2 heterocycles. The molecule has 2 rings (SSSR count). The van der Waals surface area contributed by atoms with Crippen LogP contribution in [0.15, 0.2) is 35.0 Å². The van der Waals surface area contributed by atoms with Gasteiger partial charge in [-0.05, 0) is 29.3 Å². The summed E-state index contributed by atoms with van der Waals surface area (Å²) >= 11 is 3.01. The van der Waals surface area contributed by atoms with E-state index in [1.165, 1.54) is 22.7 Å². The standard InChI is InChI=1S/C12H12O2S2.2H2/c1-2-12(11(13)14,9-5-3-7-15-9)10-6-4-8-16-10;;/h3-8H,2H2,1H3,(H,13,14);2*1H. The Kier molecular flexibility index (Phi) is 3.12. The van der Waals surface area contributed by atoms with E-state index in [0.717, 1.165) is 9.75 Å². The third kappa shape index (κ3) is 1.58. The van der Waals surface area contributed by atoms with E-state index in [9.17, 15) is 9.90 Å². The highest BCUT2D eigenvalue weighted by Crippen LogP contribution is 2.40. The van der Waals surface area contributed by atoms with Gasteiger partial charge in [0.15, 0.2) is 0 Å². The smallest absolute Gasteiger partial charge is 0.320 e. The van der Waals surface area contributed by atoms with Crippen molar-refractivity contribution in [2.24, 2.45) is 0 Å². The third-order valence-corrected chi connectivity index (χ3v) is 4.84. The van der Waals surface area contributed by atoms with Crippen molar-refractivity contribution in [1.82, 2.24) is 0 Å². The summed E-state index contributed by atoms with van der Waals surface area (Å²) in [4.78, 5) is 13.5. The molecule has 0 aliphatic rings. The van der Waals surface area contributed by atoms with Gasteiger partial charge < -0.3 is 5.11 Å². The van der Waals surface area contributed by atoms with Crippen LogP contribution in [0.5, 0.6) is 0 Å². The van der Waals surface area contributed by atoms with Gasteiger partial charge in [-0.3, -0.25) is 4.79 Å². The van der Waals surface area contributed by atoms with Crippen molar-refractivity contribution in [2.75, 3.05) is 0 Å². The highest BCUT2D eigenvalue weighted by Gasteiger charge is 2.42. The molecule has 2 aromatic heterocycles. The molecular weight excluding hydrogens is 240 g/mol. The number of thiophene rings is 2. The van der Waals surface area contributed by atoms with Gasteiger partial charge in [0.25, 0.3) is 0 Å². The second-order valence-corrected chi connectivity index (χ2v) is 5.41. The zero-order valence-electron chi connectivity index (χ0n) is 8.84. The minimum Gasteiger partial charge on any atom is -0.480 e.